The zero-order valence-electron chi connectivity index (χ0n) is 9.84. The fourth-order valence-corrected chi connectivity index (χ4v) is 1.94. The van der Waals surface area contributed by atoms with E-state index in [2.05, 4.69) is 15.3 Å². The number of halogens is 1. The second-order valence-electron chi connectivity index (χ2n) is 3.61. The number of thioether (sulfide) groups is 1. The molecule has 0 saturated carbocycles. The molecular weight excluding hydrogens is 267 g/mol. The molecule has 1 aromatic carbocycles. The summed E-state index contributed by atoms with van der Waals surface area (Å²) in [6.45, 7) is 0. The Kier molecular flexibility index (Phi) is 4.30. The lowest BCUT2D eigenvalue weighted by atomic mass is 10.2. The van der Waals surface area contributed by atoms with E-state index in [9.17, 15) is 9.18 Å². The maximum absolute atomic E-state index is 13.0. The first kappa shape index (κ1) is 13.3. The molecule has 19 heavy (non-hydrogen) atoms. The maximum atomic E-state index is 13.0. The van der Waals surface area contributed by atoms with Gasteiger partial charge in [-0.25, -0.2) is 9.37 Å². The number of nitrogen functional groups attached to an aromatic ring is 1. The number of carbonyl (C=O) groups excluding carboxylic acids is 1. The van der Waals surface area contributed by atoms with E-state index in [0.717, 1.165) is 0 Å². The van der Waals surface area contributed by atoms with Crippen molar-refractivity contribution in [1.82, 2.24) is 9.97 Å². The molecule has 2 aromatic rings. The van der Waals surface area contributed by atoms with Crippen LogP contribution in [0.4, 0.5) is 15.8 Å². The van der Waals surface area contributed by atoms with Crippen LogP contribution in [-0.4, -0.2) is 21.6 Å². The standard InChI is InChI=1S/C12H11FN4OS/c13-8-1-2-9(14)10(5-8)17-11(18)7-19-12-6-15-3-4-16-12/h1-6H,7,14H2,(H,17,18). The zero-order valence-corrected chi connectivity index (χ0v) is 10.7. The Balaban J connectivity index is 1.93. The van der Waals surface area contributed by atoms with Gasteiger partial charge in [0.25, 0.3) is 0 Å². The van der Waals surface area contributed by atoms with E-state index in [1.54, 1.807) is 18.6 Å². The number of hydrogen-bond acceptors (Lipinski definition) is 5. The highest BCUT2D eigenvalue weighted by Crippen LogP contribution is 2.20. The maximum Gasteiger partial charge on any atom is 0.234 e. The van der Waals surface area contributed by atoms with Crippen molar-refractivity contribution in [2.24, 2.45) is 0 Å². The van der Waals surface area contributed by atoms with Crippen molar-refractivity contribution < 1.29 is 9.18 Å². The summed E-state index contributed by atoms with van der Waals surface area (Å²) in [6.07, 6.45) is 4.66. The fourth-order valence-electron chi connectivity index (χ4n) is 1.32. The van der Waals surface area contributed by atoms with Crippen molar-refractivity contribution in [3.8, 4) is 0 Å². The van der Waals surface area contributed by atoms with Crippen LogP contribution in [0, 0.1) is 5.82 Å². The first-order chi connectivity index (χ1) is 9.15. The van der Waals surface area contributed by atoms with Gasteiger partial charge in [-0.1, -0.05) is 11.8 Å². The molecule has 1 amide bonds. The SMILES string of the molecule is Nc1ccc(F)cc1NC(=O)CSc1cnccn1. The minimum absolute atomic E-state index is 0.147. The van der Waals surface area contributed by atoms with Crippen LogP contribution in [0.1, 0.15) is 0 Å². The van der Waals surface area contributed by atoms with Crippen LogP contribution in [0.5, 0.6) is 0 Å². The van der Waals surface area contributed by atoms with Crippen molar-refractivity contribution in [3.63, 3.8) is 0 Å². The molecule has 7 heteroatoms. The average Bonchev–Trinajstić information content (AvgIpc) is 2.42. The topological polar surface area (TPSA) is 80.9 Å². The summed E-state index contributed by atoms with van der Waals surface area (Å²) in [6, 6.07) is 3.82. The Morgan fingerprint density at radius 2 is 2.26 bits per heavy atom. The van der Waals surface area contributed by atoms with Gasteiger partial charge in [-0.15, -0.1) is 0 Å². The van der Waals surface area contributed by atoms with Gasteiger partial charge in [0.1, 0.15) is 10.8 Å². The third-order valence-corrected chi connectivity index (χ3v) is 3.09. The second-order valence-corrected chi connectivity index (χ2v) is 4.61. The third-order valence-electron chi connectivity index (χ3n) is 2.18. The van der Waals surface area contributed by atoms with E-state index in [1.165, 1.54) is 30.0 Å². The number of carbonyl (C=O) groups is 1. The van der Waals surface area contributed by atoms with Crippen molar-refractivity contribution in [1.29, 1.82) is 0 Å². The Bertz CT molecular complexity index is 579. The number of nitrogens with zero attached hydrogens (tertiary/aromatic N) is 2. The summed E-state index contributed by atoms with van der Waals surface area (Å²) < 4.78 is 13.0. The molecule has 5 nitrogen and oxygen atoms in total. The normalized spacial score (nSPS) is 10.2. The number of benzene rings is 1. The minimum Gasteiger partial charge on any atom is -0.397 e. The van der Waals surface area contributed by atoms with Crippen molar-refractivity contribution in [3.05, 3.63) is 42.6 Å². The molecule has 0 aliphatic rings. The zero-order chi connectivity index (χ0) is 13.7. The fraction of sp³-hybridized carbons (Fsp3) is 0.0833. The van der Waals surface area contributed by atoms with Crippen LogP contribution >= 0.6 is 11.8 Å². The highest BCUT2D eigenvalue weighted by molar-refractivity contribution is 7.99. The summed E-state index contributed by atoms with van der Waals surface area (Å²) in [5, 5.41) is 3.19. The molecule has 1 aromatic heterocycles. The van der Waals surface area contributed by atoms with Gasteiger partial charge in [0.05, 0.1) is 23.3 Å². The van der Waals surface area contributed by atoms with Gasteiger partial charge < -0.3 is 11.1 Å². The molecule has 0 unspecified atom stereocenters. The third kappa shape index (κ3) is 3.92. The van der Waals surface area contributed by atoms with E-state index in [-0.39, 0.29) is 17.3 Å². The predicted molar refractivity (Wildman–Crippen MR) is 72.2 cm³/mol. The van der Waals surface area contributed by atoms with Crippen molar-refractivity contribution in [2.45, 2.75) is 5.03 Å². The van der Waals surface area contributed by atoms with Gasteiger partial charge in [0.2, 0.25) is 5.91 Å². The molecule has 0 bridgehead atoms. The molecule has 98 valence electrons. The van der Waals surface area contributed by atoms with Gasteiger partial charge >= 0.3 is 0 Å². The number of nitrogens with one attached hydrogen (secondary N) is 1. The van der Waals surface area contributed by atoms with Gasteiger partial charge in [0.15, 0.2) is 0 Å². The van der Waals surface area contributed by atoms with Crippen molar-refractivity contribution >= 4 is 29.0 Å². The summed E-state index contributed by atoms with van der Waals surface area (Å²) in [5.74, 6) is -0.590. The molecule has 2 rings (SSSR count). The van der Waals surface area contributed by atoms with E-state index in [1.807, 2.05) is 0 Å². The number of hydrogen-bond donors (Lipinski definition) is 2. The lowest BCUT2D eigenvalue weighted by Gasteiger charge is -2.07. The van der Waals surface area contributed by atoms with Gasteiger partial charge in [-0.05, 0) is 18.2 Å². The first-order valence-electron chi connectivity index (χ1n) is 5.39. The molecule has 0 radical (unpaired) electrons. The Morgan fingerprint density at radius 1 is 1.42 bits per heavy atom. The molecule has 1 heterocycles. The average molecular weight is 278 g/mol. The predicted octanol–water partition coefficient (Wildman–Crippen LogP) is 1.93. The number of aromatic nitrogens is 2. The molecule has 3 N–H and O–H groups in total. The van der Waals surface area contributed by atoms with Crippen molar-refractivity contribution in [2.75, 3.05) is 16.8 Å². The first-order valence-corrected chi connectivity index (χ1v) is 6.37. The Hall–Kier alpha value is -2.15. The molecule has 0 spiro atoms. The summed E-state index contributed by atoms with van der Waals surface area (Å²) in [7, 11) is 0. The van der Waals surface area contributed by atoms with Crippen LogP contribution < -0.4 is 11.1 Å². The molecule has 0 aliphatic heterocycles. The van der Waals surface area contributed by atoms with Gasteiger partial charge in [0, 0.05) is 12.4 Å². The van der Waals surface area contributed by atoms with Crippen LogP contribution in [0.25, 0.3) is 0 Å². The van der Waals surface area contributed by atoms with E-state index in [4.69, 9.17) is 5.73 Å². The summed E-state index contributed by atoms with van der Waals surface area (Å²) in [4.78, 5) is 19.6. The molecule has 0 atom stereocenters. The minimum atomic E-state index is -0.453. The summed E-state index contributed by atoms with van der Waals surface area (Å²) >= 11 is 1.24. The number of rotatable bonds is 4. The molecule has 0 aliphatic carbocycles. The largest absolute Gasteiger partial charge is 0.397 e. The highest BCUT2D eigenvalue weighted by atomic mass is 32.2. The molecule has 0 saturated heterocycles. The quantitative estimate of drug-likeness (QED) is 0.659. The molecule has 0 fully saturated rings. The molecular formula is C12H11FN4OS. The van der Waals surface area contributed by atoms with E-state index < -0.39 is 5.82 Å². The highest BCUT2D eigenvalue weighted by Gasteiger charge is 2.07. The lowest BCUT2D eigenvalue weighted by molar-refractivity contribution is -0.113. The van der Waals surface area contributed by atoms with Crippen LogP contribution in [0.2, 0.25) is 0 Å². The van der Waals surface area contributed by atoms with E-state index >= 15 is 0 Å². The van der Waals surface area contributed by atoms with E-state index in [0.29, 0.717) is 10.7 Å². The number of amides is 1. The van der Waals surface area contributed by atoms with Crippen LogP contribution in [0.15, 0.2) is 41.8 Å². The van der Waals surface area contributed by atoms with Crippen LogP contribution in [-0.2, 0) is 4.79 Å². The lowest BCUT2D eigenvalue weighted by Crippen LogP contribution is -2.15. The smallest absolute Gasteiger partial charge is 0.234 e. The Labute approximate surface area is 113 Å². The van der Waals surface area contributed by atoms with Crippen LogP contribution in [0.3, 0.4) is 0 Å². The Morgan fingerprint density at radius 3 is 3.00 bits per heavy atom. The second kappa shape index (κ2) is 6.14. The number of nitrogens with two attached hydrogens (primary N) is 1. The van der Waals surface area contributed by atoms with Gasteiger partial charge in [-0.2, -0.15) is 0 Å². The number of anilines is 2. The van der Waals surface area contributed by atoms with Gasteiger partial charge in [-0.3, -0.25) is 9.78 Å². The summed E-state index contributed by atoms with van der Waals surface area (Å²) in [5.41, 5.74) is 6.22. The monoisotopic (exact) mass is 278 g/mol.